The van der Waals surface area contributed by atoms with Gasteiger partial charge in [0, 0.05) is 6.54 Å². The summed E-state index contributed by atoms with van der Waals surface area (Å²) in [5, 5.41) is 8.89. The third kappa shape index (κ3) is 4.07. The van der Waals surface area contributed by atoms with E-state index in [0.29, 0.717) is 13.0 Å². The van der Waals surface area contributed by atoms with E-state index in [1.165, 1.54) is 0 Å². The van der Waals surface area contributed by atoms with E-state index < -0.39 is 17.7 Å². The van der Waals surface area contributed by atoms with Crippen molar-refractivity contribution in [3.63, 3.8) is 0 Å². The zero-order valence-corrected chi connectivity index (χ0v) is 9.25. The highest BCUT2D eigenvalue weighted by Crippen LogP contribution is 2.18. The van der Waals surface area contributed by atoms with E-state index in [-0.39, 0.29) is 0 Å². The van der Waals surface area contributed by atoms with Crippen molar-refractivity contribution in [1.82, 2.24) is 0 Å². The Balaban J connectivity index is 4.33. The lowest BCUT2D eigenvalue weighted by molar-refractivity contribution is -0.163. The summed E-state index contributed by atoms with van der Waals surface area (Å²) in [5.74, 6) is -0.903. The van der Waals surface area contributed by atoms with Crippen molar-refractivity contribution in [2.75, 3.05) is 6.54 Å². The summed E-state index contributed by atoms with van der Waals surface area (Å²) in [4.78, 5) is 10.8. The van der Waals surface area contributed by atoms with Crippen molar-refractivity contribution in [1.29, 1.82) is 0 Å². The maximum Gasteiger partial charge on any atom is 0.332 e. The Labute approximate surface area is 85.4 Å². The van der Waals surface area contributed by atoms with Crippen molar-refractivity contribution < 1.29 is 14.6 Å². The Morgan fingerprint density at radius 2 is 2.14 bits per heavy atom. The zero-order chi connectivity index (χ0) is 11.2. The van der Waals surface area contributed by atoms with Gasteiger partial charge in [-0.15, -0.1) is 0 Å². The first-order valence-electron chi connectivity index (χ1n) is 5.09. The second-order valence-electron chi connectivity index (χ2n) is 3.74. The van der Waals surface area contributed by atoms with E-state index in [1.807, 2.05) is 20.8 Å². The van der Waals surface area contributed by atoms with Gasteiger partial charge in [-0.25, -0.2) is 4.79 Å². The van der Waals surface area contributed by atoms with Gasteiger partial charge >= 0.3 is 5.97 Å². The normalized spacial score (nSPS) is 17.4. The molecule has 0 bridgehead atoms. The number of carboxylic acid groups (broad SMARTS) is 1. The maximum atomic E-state index is 10.8. The summed E-state index contributed by atoms with van der Waals surface area (Å²) in [7, 11) is 0. The van der Waals surface area contributed by atoms with Crippen molar-refractivity contribution in [2.45, 2.75) is 51.7 Å². The number of rotatable bonds is 7. The van der Waals surface area contributed by atoms with Crippen LogP contribution in [-0.4, -0.2) is 29.3 Å². The average molecular weight is 203 g/mol. The highest BCUT2D eigenvalue weighted by atomic mass is 16.5. The molecule has 0 aromatic rings. The largest absolute Gasteiger partial charge is 0.479 e. The van der Waals surface area contributed by atoms with Gasteiger partial charge in [-0.3, -0.25) is 0 Å². The Morgan fingerprint density at radius 1 is 1.57 bits per heavy atom. The Hall–Kier alpha value is -0.610. The van der Waals surface area contributed by atoms with Crippen LogP contribution in [0.15, 0.2) is 0 Å². The molecule has 0 aromatic carbocycles. The molecule has 0 aromatic heterocycles. The molecule has 0 aliphatic rings. The van der Waals surface area contributed by atoms with Gasteiger partial charge in [-0.05, 0) is 19.8 Å². The van der Waals surface area contributed by atoms with E-state index in [4.69, 9.17) is 15.6 Å². The number of nitrogens with two attached hydrogens (primary N) is 1. The molecule has 0 saturated carbocycles. The van der Waals surface area contributed by atoms with E-state index in [1.54, 1.807) is 0 Å². The predicted molar refractivity (Wildman–Crippen MR) is 55.2 cm³/mol. The Morgan fingerprint density at radius 3 is 2.43 bits per heavy atom. The van der Waals surface area contributed by atoms with Gasteiger partial charge in [0.05, 0.1) is 5.60 Å². The fourth-order valence-corrected chi connectivity index (χ4v) is 1.11. The Kier molecular flexibility index (Phi) is 5.72. The highest BCUT2D eigenvalue weighted by Gasteiger charge is 2.28. The molecule has 14 heavy (non-hydrogen) atoms. The highest BCUT2D eigenvalue weighted by molar-refractivity contribution is 5.72. The summed E-state index contributed by atoms with van der Waals surface area (Å²) >= 11 is 0. The summed E-state index contributed by atoms with van der Waals surface area (Å²) in [6.45, 7) is 6.07. The molecule has 0 aliphatic heterocycles. The van der Waals surface area contributed by atoms with E-state index in [9.17, 15) is 4.79 Å². The molecule has 84 valence electrons. The molecule has 0 fully saturated rings. The molecule has 4 heteroatoms. The molecule has 3 N–H and O–H groups in total. The first-order valence-corrected chi connectivity index (χ1v) is 5.09. The second kappa shape index (κ2) is 5.98. The standard InChI is InChI=1S/C10H21NO3/c1-4-6-8(9(12)13)14-10(3,5-2)7-11/h8H,4-7,11H2,1-3H3,(H,12,13). The molecule has 4 nitrogen and oxygen atoms in total. The number of carboxylic acids is 1. The topological polar surface area (TPSA) is 72.5 Å². The molecule has 0 radical (unpaired) electrons. The molecule has 0 rings (SSSR count). The van der Waals surface area contributed by atoms with Gasteiger partial charge in [0.25, 0.3) is 0 Å². The molecular formula is C10H21NO3. The summed E-state index contributed by atoms with van der Waals surface area (Å²) in [6, 6.07) is 0. The molecule has 0 aliphatic carbocycles. The van der Waals surface area contributed by atoms with E-state index in [2.05, 4.69) is 0 Å². The van der Waals surface area contributed by atoms with Crippen LogP contribution < -0.4 is 5.73 Å². The number of aliphatic carboxylic acids is 1. The summed E-state index contributed by atoms with van der Waals surface area (Å²) in [6.07, 6.45) is 1.32. The molecule has 0 saturated heterocycles. The van der Waals surface area contributed by atoms with Gasteiger partial charge in [-0.2, -0.15) is 0 Å². The summed E-state index contributed by atoms with van der Waals surface area (Å²) in [5.41, 5.74) is 5.03. The molecule has 0 heterocycles. The lowest BCUT2D eigenvalue weighted by Crippen LogP contribution is -2.42. The van der Waals surface area contributed by atoms with Crippen LogP contribution in [0, 0.1) is 0 Å². The monoisotopic (exact) mass is 203 g/mol. The third-order valence-electron chi connectivity index (χ3n) is 2.43. The molecule has 2 unspecified atom stereocenters. The van der Waals surface area contributed by atoms with Gasteiger partial charge in [0.2, 0.25) is 0 Å². The number of carbonyl (C=O) groups is 1. The molecule has 2 atom stereocenters. The van der Waals surface area contributed by atoms with Crippen LogP contribution in [0.5, 0.6) is 0 Å². The van der Waals surface area contributed by atoms with Crippen LogP contribution >= 0.6 is 0 Å². The maximum absolute atomic E-state index is 10.8. The number of ether oxygens (including phenoxy) is 1. The average Bonchev–Trinajstić information content (AvgIpc) is 2.17. The molecule has 0 spiro atoms. The minimum atomic E-state index is -0.903. The molecule has 0 amide bonds. The first-order chi connectivity index (χ1) is 6.49. The smallest absolute Gasteiger partial charge is 0.332 e. The van der Waals surface area contributed by atoms with Gasteiger partial charge in [0.1, 0.15) is 0 Å². The first kappa shape index (κ1) is 13.4. The lowest BCUT2D eigenvalue weighted by atomic mass is 10.0. The molecular weight excluding hydrogens is 182 g/mol. The lowest BCUT2D eigenvalue weighted by Gasteiger charge is -2.30. The number of hydrogen-bond donors (Lipinski definition) is 2. The van der Waals surface area contributed by atoms with Crippen LogP contribution in [0.1, 0.15) is 40.0 Å². The van der Waals surface area contributed by atoms with Crippen molar-refractivity contribution in [2.24, 2.45) is 5.73 Å². The van der Waals surface area contributed by atoms with Crippen LogP contribution in [0.4, 0.5) is 0 Å². The third-order valence-corrected chi connectivity index (χ3v) is 2.43. The SMILES string of the molecule is CCCC(OC(C)(CC)CN)C(=O)O. The fraction of sp³-hybridized carbons (Fsp3) is 0.900. The van der Waals surface area contributed by atoms with Crippen LogP contribution in [0.25, 0.3) is 0 Å². The van der Waals surface area contributed by atoms with Crippen LogP contribution in [0.3, 0.4) is 0 Å². The zero-order valence-electron chi connectivity index (χ0n) is 9.25. The van der Waals surface area contributed by atoms with Gasteiger partial charge in [-0.1, -0.05) is 20.3 Å². The van der Waals surface area contributed by atoms with E-state index >= 15 is 0 Å². The van der Waals surface area contributed by atoms with Gasteiger partial charge < -0.3 is 15.6 Å². The fourth-order valence-electron chi connectivity index (χ4n) is 1.11. The summed E-state index contributed by atoms with van der Waals surface area (Å²) < 4.78 is 5.51. The van der Waals surface area contributed by atoms with Crippen molar-refractivity contribution >= 4 is 5.97 Å². The van der Waals surface area contributed by atoms with Crippen LogP contribution in [0.2, 0.25) is 0 Å². The van der Waals surface area contributed by atoms with Crippen LogP contribution in [-0.2, 0) is 9.53 Å². The van der Waals surface area contributed by atoms with Crippen molar-refractivity contribution in [3.8, 4) is 0 Å². The predicted octanol–water partition coefficient (Wildman–Crippen LogP) is 1.38. The second-order valence-corrected chi connectivity index (χ2v) is 3.74. The van der Waals surface area contributed by atoms with Crippen molar-refractivity contribution in [3.05, 3.63) is 0 Å². The minimum Gasteiger partial charge on any atom is -0.479 e. The van der Waals surface area contributed by atoms with Gasteiger partial charge in [0.15, 0.2) is 6.10 Å². The quantitative estimate of drug-likeness (QED) is 0.655. The Bertz CT molecular complexity index is 178. The minimum absolute atomic E-state index is 0.344. The number of hydrogen-bond acceptors (Lipinski definition) is 3. The van der Waals surface area contributed by atoms with E-state index in [0.717, 1.165) is 12.8 Å².